The van der Waals surface area contributed by atoms with Crippen LogP contribution in [-0.4, -0.2) is 66.3 Å². The Morgan fingerprint density at radius 3 is 2.29 bits per heavy atom. The largest absolute Gasteiger partial charge is 0.366 e. The molecule has 0 saturated carbocycles. The molecular formula is C33H32N6O5S. The molecule has 3 heterocycles. The van der Waals surface area contributed by atoms with Crippen LogP contribution >= 0.6 is 0 Å². The van der Waals surface area contributed by atoms with E-state index in [1.54, 1.807) is 55.5 Å². The van der Waals surface area contributed by atoms with Crippen molar-refractivity contribution in [3.63, 3.8) is 0 Å². The molecule has 11 nitrogen and oxygen atoms in total. The molecule has 1 aliphatic heterocycles. The van der Waals surface area contributed by atoms with E-state index in [0.29, 0.717) is 57.5 Å². The van der Waals surface area contributed by atoms with E-state index in [1.165, 1.54) is 24.5 Å². The maximum atomic E-state index is 13.8. The lowest BCUT2D eigenvalue weighted by Gasteiger charge is -2.33. The summed E-state index contributed by atoms with van der Waals surface area (Å²) in [6.07, 6.45) is 3.07. The first-order chi connectivity index (χ1) is 21.5. The number of hydrogen-bond donors (Lipinski definition) is 1. The van der Waals surface area contributed by atoms with E-state index < -0.39 is 15.9 Å². The fraction of sp³-hybridized carbons (Fsp3) is 0.212. The number of pyridine rings is 1. The highest BCUT2D eigenvalue weighted by Crippen LogP contribution is 2.39. The van der Waals surface area contributed by atoms with Crippen LogP contribution in [0.25, 0.3) is 33.3 Å². The van der Waals surface area contributed by atoms with Crippen molar-refractivity contribution < 1.29 is 18.1 Å². The molecule has 45 heavy (non-hydrogen) atoms. The quantitative estimate of drug-likeness (QED) is 0.197. The first-order valence-corrected chi connectivity index (χ1v) is 15.9. The zero-order valence-corrected chi connectivity index (χ0v) is 25.9. The van der Waals surface area contributed by atoms with Crippen molar-refractivity contribution in [1.82, 2.24) is 13.9 Å². The number of benzene rings is 3. The van der Waals surface area contributed by atoms with Crippen molar-refractivity contribution in [2.24, 2.45) is 5.73 Å². The first kappa shape index (κ1) is 30.0. The number of anilines is 1. The summed E-state index contributed by atoms with van der Waals surface area (Å²) in [6, 6.07) is 18.4. The molecule has 2 N–H and O–H groups in total. The van der Waals surface area contributed by atoms with Gasteiger partial charge in [-0.3, -0.25) is 14.9 Å². The molecule has 0 radical (unpaired) electrons. The standard InChI is InChI=1S/C33H32N6O5S/c1-21-22(2)27(32(34)40)11-10-26(21)29-20-38(45(43,44)25-7-5-4-6-8-25)33-28(29)17-24(19-35-33)23-9-12-30(31(18-23)39(41)42)37-15-13-36(3)14-16-37/h4-12,17-20H,13-16H2,1-3H3,(H2,34,40). The Morgan fingerprint density at radius 2 is 1.62 bits per heavy atom. The van der Waals surface area contributed by atoms with Crippen LogP contribution in [-0.2, 0) is 10.0 Å². The molecule has 12 heteroatoms. The van der Waals surface area contributed by atoms with Crippen molar-refractivity contribution >= 4 is 38.3 Å². The number of amides is 1. The monoisotopic (exact) mass is 624 g/mol. The number of nitro benzene ring substituents is 1. The van der Waals surface area contributed by atoms with Crippen LogP contribution in [0.1, 0.15) is 21.5 Å². The van der Waals surface area contributed by atoms with Gasteiger partial charge in [-0.15, -0.1) is 0 Å². The van der Waals surface area contributed by atoms with E-state index in [2.05, 4.69) is 9.88 Å². The normalized spacial score (nSPS) is 14.2. The second-order valence-electron chi connectivity index (χ2n) is 11.3. The van der Waals surface area contributed by atoms with Crippen LogP contribution in [0, 0.1) is 24.0 Å². The summed E-state index contributed by atoms with van der Waals surface area (Å²) in [6.45, 7) is 6.64. The first-order valence-electron chi connectivity index (χ1n) is 14.4. The Labute approximate surface area is 260 Å². The topological polar surface area (TPSA) is 145 Å². The number of likely N-dealkylation sites (N-methyl/N-ethyl adjacent to an activating group) is 1. The Bertz CT molecular complexity index is 2080. The summed E-state index contributed by atoms with van der Waals surface area (Å²) >= 11 is 0. The Hall–Kier alpha value is -5.07. The van der Waals surface area contributed by atoms with Crippen LogP contribution in [0.4, 0.5) is 11.4 Å². The highest BCUT2D eigenvalue weighted by Gasteiger charge is 2.26. The van der Waals surface area contributed by atoms with Gasteiger partial charge in [0.1, 0.15) is 5.69 Å². The van der Waals surface area contributed by atoms with E-state index in [-0.39, 0.29) is 21.2 Å². The molecule has 0 aliphatic carbocycles. The van der Waals surface area contributed by atoms with Gasteiger partial charge < -0.3 is 15.5 Å². The lowest BCUT2D eigenvalue weighted by Crippen LogP contribution is -2.44. The summed E-state index contributed by atoms with van der Waals surface area (Å²) in [5, 5.41) is 12.7. The summed E-state index contributed by atoms with van der Waals surface area (Å²) in [5.41, 5.74) is 10.6. The number of nitrogens with zero attached hydrogens (tertiary/aromatic N) is 5. The van der Waals surface area contributed by atoms with Gasteiger partial charge in [0.25, 0.3) is 15.7 Å². The maximum absolute atomic E-state index is 13.8. The Balaban J connectivity index is 1.54. The molecule has 5 aromatic rings. The van der Waals surface area contributed by atoms with Crippen molar-refractivity contribution in [2.45, 2.75) is 18.7 Å². The predicted molar refractivity (Wildman–Crippen MR) is 174 cm³/mol. The van der Waals surface area contributed by atoms with Crippen LogP contribution < -0.4 is 10.6 Å². The molecule has 3 aromatic carbocycles. The van der Waals surface area contributed by atoms with E-state index in [1.807, 2.05) is 24.9 Å². The fourth-order valence-corrected chi connectivity index (χ4v) is 7.23. The molecule has 1 fully saturated rings. The fourth-order valence-electron chi connectivity index (χ4n) is 5.88. The SMILES string of the molecule is Cc1c(C(N)=O)ccc(-c2cn(S(=O)(=O)c3ccccc3)c3ncc(-c4ccc(N5CCN(C)CC5)c([N+](=O)[O-])c4)cc23)c1C. The van der Waals surface area contributed by atoms with Crippen LogP contribution in [0.2, 0.25) is 0 Å². The summed E-state index contributed by atoms with van der Waals surface area (Å²) in [5.74, 6) is -0.554. The average Bonchev–Trinajstić information content (AvgIpc) is 3.42. The summed E-state index contributed by atoms with van der Waals surface area (Å²) < 4.78 is 28.9. The minimum atomic E-state index is -4.03. The van der Waals surface area contributed by atoms with Gasteiger partial charge in [-0.05, 0) is 73.5 Å². The molecular weight excluding hydrogens is 592 g/mol. The summed E-state index contributed by atoms with van der Waals surface area (Å²) in [4.78, 5) is 32.8. The van der Waals surface area contributed by atoms with Gasteiger partial charge in [-0.25, -0.2) is 17.4 Å². The molecule has 1 saturated heterocycles. The molecule has 0 atom stereocenters. The zero-order valence-electron chi connectivity index (χ0n) is 25.1. The third-order valence-corrected chi connectivity index (χ3v) is 10.3. The summed E-state index contributed by atoms with van der Waals surface area (Å²) in [7, 11) is -2.01. The number of carbonyl (C=O) groups excluding carboxylic acids is 1. The lowest BCUT2D eigenvalue weighted by atomic mass is 9.93. The van der Waals surface area contributed by atoms with Crippen LogP contribution in [0.15, 0.2) is 84.0 Å². The van der Waals surface area contributed by atoms with Crippen LogP contribution in [0.5, 0.6) is 0 Å². The van der Waals surface area contributed by atoms with Crippen molar-refractivity contribution in [3.8, 4) is 22.3 Å². The van der Waals surface area contributed by atoms with Crippen molar-refractivity contribution in [2.75, 3.05) is 38.1 Å². The van der Waals surface area contributed by atoms with Gasteiger partial charge in [-0.1, -0.05) is 30.3 Å². The van der Waals surface area contributed by atoms with Gasteiger partial charge in [0.05, 0.1) is 9.82 Å². The van der Waals surface area contributed by atoms with E-state index >= 15 is 0 Å². The van der Waals surface area contributed by atoms with Gasteiger partial charge in [0.2, 0.25) is 5.91 Å². The number of nitro groups is 1. The molecule has 0 unspecified atom stereocenters. The molecule has 1 aliphatic rings. The minimum absolute atomic E-state index is 0.00453. The van der Waals surface area contributed by atoms with Crippen LogP contribution in [0.3, 0.4) is 0 Å². The number of nitrogens with two attached hydrogens (primary N) is 1. The highest BCUT2D eigenvalue weighted by molar-refractivity contribution is 7.90. The Kier molecular flexibility index (Phi) is 7.63. The van der Waals surface area contributed by atoms with Gasteiger partial charge in [0, 0.05) is 66.7 Å². The van der Waals surface area contributed by atoms with E-state index in [9.17, 15) is 23.3 Å². The second kappa shape index (κ2) is 11.5. The number of fused-ring (bicyclic) bond motifs is 1. The number of primary amides is 1. The van der Waals surface area contributed by atoms with Crippen molar-refractivity contribution in [1.29, 1.82) is 0 Å². The molecule has 0 bridgehead atoms. The Morgan fingerprint density at radius 1 is 0.911 bits per heavy atom. The minimum Gasteiger partial charge on any atom is -0.366 e. The average molecular weight is 625 g/mol. The second-order valence-corrected chi connectivity index (χ2v) is 13.1. The van der Waals surface area contributed by atoms with Gasteiger partial charge >= 0.3 is 0 Å². The van der Waals surface area contributed by atoms with E-state index in [0.717, 1.165) is 22.6 Å². The molecule has 1 amide bonds. The number of hydrogen-bond acceptors (Lipinski definition) is 8. The highest BCUT2D eigenvalue weighted by atomic mass is 32.2. The predicted octanol–water partition coefficient (Wildman–Crippen LogP) is 4.98. The third-order valence-electron chi connectivity index (χ3n) is 8.60. The number of piperazine rings is 1. The number of rotatable bonds is 7. The zero-order chi connectivity index (χ0) is 32.0. The van der Waals surface area contributed by atoms with Gasteiger partial charge in [-0.2, -0.15) is 0 Å². The molecule has 230 valence electrons. The number of aromatic nitrogens is 2. The van der Waals surface area contributed by atoms with E-state index in [4.69, 9.17) is 5.73 Å². The van der Waals surface area contributed by atoms with Gasteiger partial charge in [0.15, 0.2) is 5.65 Å². The molecule has 6 rings (SSSR count). The smallest absolute Gasteiger partial charge is 0.293 e. The molecule has 2 aromatic heterocycles. The maximum Gasteiger partial charge on any atom is 0.293 e. The molecule has 0 spiro atoms. The lowest BCUT2D eigenvalue weighted by molar-refractivity contribution is -0.384. The third kappa shape index (κ3) is 5.32. The number of carbonyl (C=O) groups is 1. The van der Waals surface area contributed by atoms with Crippen molar-refractivity contribution in [3.05, 3.63) is 106 Å².